The fourth-order valence-corrected chi connectivity index (χ4v) is 3.12. The van der Waals surface area contributed by atoms with Crippen molar-refractivity contribution in [2.75, 3.05) is 11.9 Å². The predicted molar refractivity (Wildman–Crippen MR) is 78.5 cm³/mol. The standard InChI is InChI=1S/C11H9BrCl2N2S/c12-7-5-9(13)11(16-6-7)15-4-3-8-1-2-10(14)17-8/h1-2,5-6H,3-4H2,(H,15,16). The number of nitrogens with one attached hydrogen (secondary N) is 1. The fourth-order valence-electron chi connectivity index (χ4n) is 1.33. The van der Waals surface area contributed by atoms with Crippen LogP contribution in [-0.2, 0) is 6.42 Å². The van der Waals surface area contributed by atoms with Gasteiger partial charge in [-0.15, -0.1) is 11.3 Å². The monoisotopic (exact) mass is 350 g/mol. The molecule has 2 aromatic rings. The van der Waals surface area contributed by atoms with Crippen molar-refractivity contribution in [3.63, 3.8) is 0 Å². The van der Waals surface area contributed by atoms with Gasteiger partial charge in [0.2, 0.25) is 0 Å². The molecule has 2 heterocycles. The van der Waals surface area contributed by atoms with Crippen molar-refractivity contribution in [3.05, 3.63) is 43.1 Å². The zero-order chi connectivity index (χ0) is 12.3. The summed E-state index contributed by atoms with van der Waals surface area (Å²) < 4.78 is 1.69. The summed E-state index contributed by atoms with van der Waals surface area (Å²) in [6.07, 6.45) is 2.63. The van der Waals surface area contributed by atoms with Gasteiger partial charge in [0.25, 0.3) is 0 Å². The van der Waals surface area contributed by atoms with E-state index in [1.54, 1.807) is 17.5 Å². The summed E-state index contributed by atoms with van der Waals surface area (Å²) in [5.74, 6) is 0.706. The van der Waals surface area contributed by atoms with Gasteiger partial charge >= 0.3 is 0 Å². The lowest BCUT2D eigenvalue weighted by molar-refractivity contribution is 1.03. The van der Waals surface area contributed by atoms with Crippen LogP contribution in [-0.4, -0.2) is 11.5 Å². The fraction of sp³-hybridized carbons (Fsp3) is 0.182. The third kappa shape index (κ3) is 3.85. The van der Waals surface area contributed by atoms with Gasteiger partial charge in [0.1, 0.15) is 5.82 Å². The van der Waals surface area contributed by atoms with Crippen LogP contribution < -0.4 is 5.32 Å². The molecule has 0 aliphatic carbocycles. The molecule has 0 atom stereocenters. The lowest BCUT2D eigenvalue weighted by atomic mass is 10.3. The highest BCUT2D eigenvalue weighted by molar-refractivity contribution is 9.10. The molecule has 0 aromatic carbocycles. The zero-order valence-electron chi connectivity index (χ0n) is 8.71. The Labute approximate surface area is 122 Å². The topological polar surface area (TPSA) is 24.9 Å². The molecule has 2 aromatic heterocycles. The molecule has 0 aliphatic rings. The third-order valence-electron chi connectivity index (χ3n) is 2.10. The number of pyridine rings is 1. The Morgan fingerprint density at radius 3 is 2.82 bits per heavy atom. The minimum Gasteiger partial charge on any atom is -0.368 e. The molecule has 2 nitrogen and oxygen atoms in total. The van der Waals surface area contributed by atoms with Crippen LogP contribution in [0, 0.1) is 0 Å². The van der Waals surface area contributed by atoms with Gasteiger partial charge in [-0.25, -0.2) is 4.98 Å². The van der Waals surface area contributed by atoms with E-state index >= 15 is 0 Å². The normalized spacial score (nSPS) is 10.5. The molecule has 0 saturated heterocycles. The minimum atomic E-state index is 0.614. The molecule has 6 heteroatoms. The third-order valence-corrected chi connectivity index (χ3v) is 4.11. The maximum Gasteiger partial charge on any atom is 0.144 e. The summed E-state index contributed by atoms with van der Waals surface area (Å²) in [6, 6.07) is 5.76. The van der Waals surface area contributed by atoms with Gasteiger partial charge in [0.05, 0.1) is 9.36 Å². The predicted octanol–water partition coefficient (Wildman–Crippen LogP) is 4.87. The number of hydrogen-bond donors (Lipinski definition) is 1. The molecule has 0 saturated carbocycles. The molecule has 0 amide bonds. The van der Waals surface area contributed by atoms with Gasteiger partial charge in [-0.05, 0) is 40.5 Å². The van der Waals surface area contributed by atoms with E-state index in [4.69, 9.17) is 23.2 Å². The molecule has 2 rings (SSSR count). The van der Waals surface area contributed by atoms with Crippen LogP contribution in [0.2, 0.25) is 9.36 Å². The smallest absolute Gasteiger partial charge is 0.144 e. The molecular formula is C11H9BrCl2N2S. The first kappa shape index (κ1) is 13.1. The second-order valence-corrected chi connectivity index (χ2v) is 6.49. The van der Waals surface area contributed by atoms with Crippen LogP contribution in [0.5, 0.6) is 0 Å². The average Bonchev–Trinajstić information content (AvgIpc) is 2.68. The molecule has 0 spiro atoms. The van der Waals surface area contributed by atoms with E-state index in [1.807, 2.05) is 18.2 Å². The number of nitrogens with zero attached hydrogens (tertiary/aromatic N) is 1. The van der Waals surface area contributed by atoms with Crippen LogP contribution in [0.25, 0.3) is 0 Å². The zero-order valence-corrected chi connectivity index (χ0v) is 12.6. The number of anilines is 1. The van der Waals surface area contributed by atoms with Crippen LogP contribution in [0.3, 0.4) is 0 Å². The molecule has 0 radical (unpaired) electrons. The van der Waals surface area contributed by atoms with Crippen molar-refractivity contribution in [3.8, 4) is 0 Å². The van der Waals surface area contributed by atoms with Gasteiger partial charge in [0, 0.05) is 22.1 Å². The first-order valence-corrected chi connectivity index (χ1v) is 7.31. The van der Waals surface area contributed by atoms with E-state index in [9.17, 15) is 0 Å². The lowest BCUT2D eigenvalue weighted by Crippen LogP contribution is -2.05. The van der Waals surface area contributed by atoms with E-state index in [0.29, 0.717) is 10.8 Å². The molecular weight excluding hydrogens is 343 g/mol. The van der Waals surface area contributed by atoms with Crippen LogP contribution in [0.4, 0.5) is 5.82 Å². The maximum atomic E-state index is 6.04. The highest BCUT2D eigenvalue weighted by atomic mass is 79.9. The number of aromatic nitrogens is 1. The maximum absolute atomic E-state index is 6.04. The Morgan fingerprint density at radius 1 is 1.35 bits per heavy atom. The SMILES string of the molecule is Clc1ccc(CCNc2ncc(Br)cc2Cl)s1. The largest absolute Gasteiger partial charge is 0.368 e. The van der Waals surface area contributed by atoms with Gasteiger partial charge in [-0.2, -0.15) is 0 Å². The van der Waals surface area contributed by atoms with E-state index in [-0.39, 0.29) is 0 Å². The van der Waals surface area contributed by atoms with Gasteiger partial charge < -0.3 is 5.32 Å². The van der Waals surface area contributed by atoms with Crippen molar-refractivity contribution < 1.29 is 0 Å². The van der Waals surface area contributed by atoms with Crippen molar-refractivity contribution in [2.45, 2.75) is 6.42 Å². The van der Waals surface area contributed by atoms with Crippen LogP contribution in [0.15, 0.2) is 28.9 Å². The second kappa shape index (κ2) is 6.05. The first-order chi connectivity index (χ1) is 8.15. The Morgan fingerprint density at radius 2 is 2.18 bits per heavy atom. The van der Waals surface area contributed by atoms with Gasteiger partial charge in [0.15, 0.2) is 0 Å². The Bertz CT molecular complexity index is 516. The summed E-state index contributed by atoms with van der Waals surface area (Å²) in [5.41, 5.74) is 0. The van der Waals surface area contributed by atoms with Gasteiger partial charge in [-0.1, -0.05) is 23.2 Å². The first-order valence-electron chi connectivity index (χ1n) is 4.94. The summed E-state index contributed by atoms with van der Waals surface area (Å²) in [4.78, 5) is 5.45. The molecule has 1 N–H and O–H groups in total. The van der Waals surface area contributed by atoms with Crippen molar-refractivity contribution >= 4 is 56.3 Å². The van der Waals surface area contributed by atoms with Crippen LogP contribution >= 0.6 is 50.5 Å². The summed E-state index contributed by atoms with van der Waals surface area (Å²) in [7, 11) is 0. The molecule has 17 heavy (non-hydrogen) atoms. The van der Waals surface area contributed by atoms with E-state index in [1.165, 1.54) is 4.88 Å². The van der Waals surface area contributed by atoms with E-state index < -0.39 is 0 Å². The quantitative estimate of drug-likeness (QED) is 0.850. The number of hydrogen-bond acceptors (Lipinski definition) is 3. The van der Waals surface area contributed by atoms with Gasteiger partial charge in [-0.3, -0.25) is 0 Å². The van der Waals surface area contributed by atoms with Crippen molar-refractivity contribution in [2.24, 2.45) is 0 Å². The molecule has 0 bridgehead atoms. The number of halogens is 3. The van der Waals surface area contributed by atoms with Crippen molar-refractivity contribution in [1.82, 2.24) is 4.98 Å². The van der Waals surface area contributed by atoms with Crippen LogP contribution in [0.1, 0.15) is 4.88 Å². The lowest BCUT2D eigenvalue weighted by Gasteiger charge is -2.06. The van der Waals surface area contributed by atoms with E-state index in [2.05, 4.69) is 26.2 Å². The second-order valence-electron chi connectivity index (χ2n) is 3.37. The highest BCUT2D eigenvalue weighted by Crippen LogP contribution is 2.24. The minimum absolute atomic E-state index is 0.614. The summed E-state index contributed by atoms with van der Waals surface area (Å²) in [6.45, 7) is 0.783. The average molecular weight is 352 g/mol. The Hall–Kier alpha value is -0.290. The molecule has 0 unspecified atom stereocenters. The Balaban J connectivity index is 1.90. The highest BCUT2D eigenvalue weighted by Gasteiger charge is 2.03. The molecule has 90 valence electrons. The number of thiophene rings is 1. The van der Waals surface area contributed by atoms with Crippen molar-refractivity contribution in [1.29, 1.82) is 0 Å². The Kier molecular flexibility index (Phi) is 4.68. The summed E-state index contributed by atoms with van der Waals surface area (Å²) >= 11 is 16.8. The number of rotatable bonds is 4. The summed E-state index contributed by atoms with van der Waals surface area (Å²) in [5, 5.41) is 3.81. The molecule has 0 aliphatic heterocycles. The molecule has 0 fully saturated rings. The van der Waals surface area contributed by atoms with E-state index in [0.717, 1.165) is 21.8 Å².